The smallest absolute Gasteiger partial charge is 0.247 e. The third kappa shape index (κ3) is 3.32. The molecule has 0 saturated carbocycles. The van der Waals surface area contributed by atoms with Crippen molar-refractivity contribution >= 4 is 17.5 Å². The number of carbonyl (C=O) groups is 2. The fourth-order valence-electron chi connectivity index (χ4n) is 3.09. The SMILES string of the molecule is Cc1noc(C)c1CC(=O)N1CCC[C@H]1C(=O)Nc1ccccc1. The molecule has 6 heteroatoms. The Balaban J connectivity index is 1.68. The monoisotopic (exact) mass is 327 g/mol. The lowest BCUT2D eigenvalue weighted by Crippen LogP contribution is -2.43. The summed E-state index contributed by atoms with van der Waals surface area (Å²) in [6.45, 7) is 4.23. The Morgan fingerprint density at radius 3 is 2.71 bits per heavy atom. The van der Waals surface area contributed by atoms with Crippen molar-refractivity contribution in [1.82, 2.24) is 10.1 Å². The van der Waals surface area contributed by atoms with E-state index in [9.17, 15) is 9.59 Å². The van der Waals surface area contributed by atoms with E-state index in [2.05, 4.69) is 10.5 Å². The Morgan fingerprint density at radius 1 is 1.29 bits per heavy atom. The Kier molecular flexibility index (Phi) is 4.64. The standard InChI is InChI=1S/C18H21N3O3/c1-12-15(13(2)24-20-12)11-17(22)21-10-6-9-16(21)18(23)19-14-7-4-3-5-8-14/h3-5,7-8,16H,6,9-11H2,1-2H3,(H,19,23)/t16-/m0/s1. The lowest BCUT2D eigenvalue weighted by Gasteiger charge is -2.24. The van der Waals surface area contributed by atoms with Crippen LogP contribution in [-0.2, 0) is 16.0 Å². The number of aryl methyl sites for hydroxylation is 2. The number of nitrogens with zero attached hydrogens (tertiary/aromatic N) is 2. The van der Waals surface area contributed by atoms with Crippen LogP contribution in [0.2, 0.25) is 0 Å². The summed E-state index contributed by atoms with van der Waals surface area (Å²) in [7, 11) is 0. The van der Waals surface area contributed by atoms with Gasteiger partial charge in [-0.15, -0.1) is 0 Å². The number of carbonyl (C=O) groups excluding carboxylic acids is 2. The summed E-state index contributed by atoms with van der Waals surface area (Å²) in [5, 5.41) is 6.77. The first-order valence-corrected chi connectivity index (χ1v) is 8.13. The van der Waals surface area contributed by atoms with Gasteiger partial charge in [-0.1, -0.05) is 23.4 Å². The minimum absolute atomic E-state index is 0.0601. The largest absolute Gasteiger partial charge is 0.361 e. The molecule has 1 aromatic heterocycles. The van der Waals surface area contributed by atoms with E-state index in [4.69, 9.17) is 4.52 Å². The van der Waals surface area contributed by atoms with Crippen molar-refractivity contribution in [2.45, 2.75) is 39.2 Å². The van der Waals surface area contributed by atoms with Gasteiger partial charge in [-0.05, 0) is 38.8 Å². The van der Waals surface area contributed by atoms with E-state index in [1.165, 1.54) is 0 Å². The highest BCUT2D eigenvalue weighted by atomic mass is 16.5. The van der Waals surface area contributed by atoms with E-state index in [0.29, 0.717) is 18.7 Å². The van der Waals surface area contributed by atoms with Gasteiger partial charge in [0.25, 0.3) is 0 Å². The maximum atomic E-state index is 12.7. The van der Waals surface area contributed by atoms with Gasteiger partial charge in [0.05, 0.1) is 12.1 Å². The zero-order chi connectivity index (χ0) is 17.1. The number of likely N-dealkylation sites (tertiary alicyclic amines) is 1. The number of para-hydroxylation sites is 1. The summed E-state index contributed by atoms with van der Waals surface area (Å²) >= 11 is 0. The van der Waals surface area contributed by atoms with Crippen molar-refractivity contribution in [3.63, 3.8) is 0 Å². The minimum Gasteiger partial charge on any atom is -0.361 e. The van der Waals surface area contributed by atoms with Crippen molar-refractivity contribution in [3.05, 3.63) is 47.3 Å². The number of aromatic nitrogens is 1. The van der Waals surface area contributed by atoms with Crippen molar-refractivity contribution in [3.8, 4) is 0 Å². The molecule has 1 aliphatic heterocycles. The molecule has 1 saturated heterocycles. The first-order chi connectivity index (χ1) is 11.6. The summed E-state index contributed by atoms with van der Waals surface area (Å²) in [6.07, 6.45) is 1.74. The van der Waals surface area contributed by atoms with Gasteiger partial charge in [0, 0.05) is 17.8 Å². The second kappa shape index (κ2) is 6.86. The average Bonchev–Trinajstić information content (AvgIpc) is 3.18. The zero-order valence-corrected chi connectivity index (χ0v) is 13.9. The fourth-order valence-corrected chi connectivity index (χ4v) is 3.09. The predicted molar refractivity (Wildman–Crippen MR) is 89.5 cm³/mol. The molecule has 2 aromatic rings. The molecule has 2 amide bonds. The lowest BCUT2D eigenvalue weighted by atomic mass is 10.1. The van der Waals surface area contributed by atoms with Crippen molar-refractivity contribution in [1.29, 1.82) is 0 Å². The second-order valence-corrected chi connectivity index (χ2v) is 6.08. The van der Waals surface area contributed by atoms with Gasteiger partial charge in [0.15, 0.2) is 0 Å². The van der Waals surface area contributed by atoms with Gasteiger partial charge in [0.2, 0.25) is 11.8 Å². The molecule has 126 valence electrons. The zero-order valence-electron chi connectivity index (χ0n) is 13.9. The summed E-state index contributed by atoms with van der Waals surface area (Å²) < 4.78 is 5.11. The lowest BCUT2D eigenvalue weighted by molar-refractivity contribution is -0.136. The van der Waals surface area contributed by atoms with E-state index in [1.54, 1.807) is 11.8 Å². The van der Waals surface area contributed by atoms with Crippen LogP contribution in [0.3, 0.4) is 0 Å². The van der Waals surface area contributed by atoms with Gasteiger partial charge >= 0.3 is 0 Å². The van der Waals surface area contributed by atoms with Crippen LogP contribution in [0.15, 0.2) is 34.9 Å². The van der Waals surface area contributed by atoms with Gasteiger partial charge in [-0.2, -0.15) is 0 Å². The molecular weight excluding hydrogens is 306 g/mol. The van der Waals surface area contributed by atoms with Crippen LogP contribution < -0.4 is 5.32 Å². The van der Waals surface area contributed by atoms with E-state index >= 15 is 0 Å². The number of amides is 2. The van der Waals surface area contributed by atoms with Gasteiger partial charge in [-0.3, -0.25) is 9.59 Å². The molecule has 24 heavy (non-hydrogen) atoms. The highest BCUT2D eigenvalue weighted by Crippen LogP contribution is 2.22. The molecule has 0 bridgehead atoms. The van der Waals surface area contributed by atoms with Gasteiger partial charge < -0.3 is 14.7 Å². The minimum atomic E-state index is -0.418. The summed E-state index contributed by atoms with van der Waals surface area (Å²) in [5.41, 5.74) is 2.28. The molecule has 1 atom stereocenters. The number of hydrogen-bond acceptors (Lipinski definition) is 4. The van der Waals surface area contributed by atoms with Crippen LogP contribution in [0.1, 0.15) is 29.9 Å². The van der Waals surface area contributed by atoms with Gasteiger partial charge in [0.1, 0.15) is 11.8 Å². The molecule has 0 unspecified atom stereocenters. The first kappa shape index (κ1) is 16.2. The maximum absolute atomic E-state index is 12.7. The molecular formula is C18H21N3O3. The third-order valence-electron chi connectivity index (χ3n) is 4.43. The molecule has 1 fully saturated rings. The molecule has 2 heterocycles. The summed E-state index contributed by atoms with van der Waals surface area (Å²) in [4.78, 5) is 26.9. The molecule has 1 aromatic carbocycles. The van der Waals surface area contributed by atoms with Crippen LogP contribution in [0.5, 0.6) is 0 Å². The topological polar surface area (TPSA) is 75.4 Å². The Labute approximate surface area is 140 Å². The quantitative estimate of drug-likeness (QED) is 0.936. The molecule has 0 radical (unpaired) electrons. The van der Waals surface area contributed by atoms with Gasteiger partial charge in [-0.25, -0.2) is 0 Å². The first-order valence-electron chi connectivity index (χ1n) is 8.13. The number of nitrogens with one attached hydrogen (secondary N) is 1. The van der Waals surface area contributed by atoms with Crippen molar-refractivity contribution in [2.75, 3.05) is 11.9 Å². The van der Waals surface area contributed by atoms with E-state index in [1.807, 2.05) is 37.3 Å². The number of benzene rings is 1. The van der Waals surface area contributed by atoms with E-state index in [-0.39, 0.29) is 18.2 Å². The molecule has 3 rings (SSSR count). The average molecular weight is 327 g/mol. The maximum Gasteiger partial charge on any atom is 0.247 e. The Bertz CT molecular complexity index is 720. The third-order valence-corrected chi connectivity index (χ3v) is 4.43. The van der Waals surface area contributed by atoms with Crippen LogP contribution in [0.25, 0.3) is 0 Å². The molecule has 6 nitrogen and oxygen atoms in total. The van der Waals surface area contributed by atoms with E-state index < -0.39 is 6.04 Å². The summed E-state index contributed by atoms with van der Waals surface area (Å²) in [6, 6.07) is 8.88. The fraction of sp³-hybridized carbons (Fsp3) is 0.389. The van der Waals surface area contributed by atoms with Crippen LogP contribution in [-0.4, -0.2) is 34.5 Å². The van der Waals surface area contributed by atoms with E-state index in [0.717, 1.165) is 23.4 Å². The predicted octanol–water partition coefficient (Wildman–Crippen LogP) is 2.46. The normalized spacial score (nSPS) is 17.1. The van der Waals surface area contributed by atoms with Crippen molar-refractivity contribution < 1.29 is 14.1 Å². The molecule has 1 aliphatic rings. The molecule has 0 aliphatic carbocycles. The molecule has 0 spiro atoms. The molecule has 1 N–H and O–H groups in total. The number of hydrogen-bond donors (Lipinski definition) is 1. The summed E-state index contributed by atoms with van der Waals surface area (Å²) in [5.74, 6) is 0.464. The Morgan fingerprint density at radius 2 is 2.04 bits per heavy atom. The highest BCUT2D eigenvalue weighted by Gasteiger charge is 2.34. The van der Waals surface area contributed by atoms with Crippen molar-refractivity contribution in [2.24, 2.45) is 0 Å². The van der Waals surface area contributed by atoms with Crippen LogP contribution >= 0.6 is 0 Å². The Hall–Kier alpha value is -2.63. The number of rotatable bonds is 4. The highest BCUT2D eigenvalue weighted by molar-refractivity contribution is 5.97. The van der Waals surface area contributed by atoms with Crippen LogP contribution in [0.4, 0.5) is 5.69 Å². The number of anilines is 1. The second-order valence-electron chi connectivity index (χ2n) is 6.08. The van der Waals surface area contributed by atoms with Crippen LogP contribution in [0, 0.1) is 13.8 Å².